The molecule has 1 aliphatic rings. The first kappa shape index (κ1) is 17.4. The topological polar surface area (TPSA) is 38.6 Å². The van der Waals surface area contributed by atoms with Crippen molar-refractivity contribution in [1.82, 2.24) is 5.32 Å². The van der Waals surface area contributed by atoms with Crippen molar-refractivity contribution in [2.45, 2.75) is 12.9 Å². The predicted molar refractivity (Wildman–Crippen MR) is 91.0 cm³/mol. The molecule has 4 nitrogen and oxygen atoms in total. The average Bonchev–Trinajstić information content (AvgIpc) is 2.61. The summed E-state index contributed by atoms with van der Waals surface area (Å²) in [4.78, 5) is 2.11. The summed E-state index contributed by atoms with van der Waals surface area (Å²) in [6.45, 7) is 3.39. The SMILES string of the molecule is FC(F)(F)Oc1ccc(N2CC[N]CC2)cc1NCc1ccccc1. The lowest BCUT2D eigenvalue weighted by Crippen LogP contribution is -2.40. The molecule has 1 radical (unpaired) electrons. The molecule has 1 aliphatic heterocycles. The van der Waals surface area contributed by atoms with Gasteiger partial charge in [0, 0.05) is 38.4 Å². The Labute approximate surface area is 144 Å². The summed E-state index contributed by atoms with van der Waals surface area (Å²) in [5.41, 5.74) is 2.16. The standard InChI is InChI=1S/C18H19F3N3O/c19-18(20,21)25-17-7-6-15(24-10-8-22-9-11-24)12-16(17)23-13-14-4-2-1-3-5-14/h1-7,12,23H,8-11,13H2. The average molecular weight is 350 g/mol. The van der Waals surface area contributed by atoms with E-state index in [1.54, 1.807) is 12.1 Å². The van der Waals surface area contributed by atoms with Gasteiger partial charge in [0.1, 0.15) is 0 Å². The van der Waals surface area contributed by atoms with Gasteiger partial charge in [-0.05, 0) is 23.8 Å². The van der Waals surface area contributed by atoms with Crippen LogP contribution in [0.5, 0.6) is 5.75 Å². The fraction of sp³-hybridized carbons (Fsp3) is 0.333. The van der Waals surface area contributed by atoms with Crippen LogP contribution in [0.25, 0.3) is 0 Å². The number of benzene rings is 2. The largest absolute Gasteiger partial charge is 0.573 e. The smallest absolute Gasteiger partial charge is 0.404 e. The Morgan fingerprint density at radius 1 is 1.04 bits per heavy atom. The van der Waals surface area contributed by atoms with Gasteiger partial charge in [0.15, 0.2) is 5.75 Å². The van der Waals surface area contributed by atoms with Crippen molar-refractivity contribution in [2.24, 2.45) is 0 Å². The number of ether oxygens (including phenoxy) is 1. The summed E-state index contributed by atoms with van der Waals surface area (Å²) in [6.07, 6.45) is -4.73. The van der Waals surface area contributed by atoms with Gasteiger partial charge in [-0.1, -0.05) is 30.3 Å². The molecule has 0 saturated carbocycles. The Kier molecular flexibility index (Phi) is 5.33. The summed E-state index contributed by atoms with van der Waals surface area (Å²) < 4.78 is 42.2. The van der Waals surface area contributed by atoms with Crippen LogP contribution in [0, 0.1) is 0 Å². The van der Waals surface area contributed by atoms with Crippen LogP contribution in [0.1, 0.15) is 5.56 Å². The van der Waals surface area contributed by atoms with E-state index in [9.17, 15) is 13.2 Å². The molecule has 7 heteroatoms. The van der Waals surface area contributed by atoms with E-state index in [1.807, 2.05) is 30.3 Å². The van der Waals surface area contributed by atoms with E-state index in [1.165, 1.54) is 6.07 Å². The molecule has 1 heterocycles. The first-order chi connectivity index (χ1) is 12.0. The van der Waals surface area contributed by atoms with E-state index in [0.29, 0.717) is 12.2 Å². The van der Waals surface area contributed by atoms with Crippen molar-refractivity contribution in [2.75, 3.05) is 36.4 Å². The van der Waals surface area contributed by atoms with E-state index in [2.05, 4.69) is 20.3 Å². The summed E-state index contributed by atoms with van der Waals surface area (Å²) in [6, 6.07) is 14.2. The fourth-order valence-corrected chi connectivity index (χ4v) is 2.72. The lowest BCUT2D eigenvalue weighted by atomic mass is 10.2. The third kappa shape index (κ3) is 5.03. The maximum absolute atomic E-state index is 12.7. The third-order valence-corrected chi connectivity index (χ3v) is 3.94. The van der Waals surface area contributed by atoms with Gasteiger partial charge in [-0.25, -0.2) is 5.32 Å². The predicted octanol–water partition coefficient (Wildman–Crippen LogP) is 3.62. The van der Waals surface area contributed by atoms with Gasteiger partial charge in [-0.15, -0.1) is 13.2 Å². The second-order valence-corrected chi connectivity index (χ2v) is 5.73. The highest BCUT2D eigenvalue weighted by atomic mass is 19.4. The van der Waals surface area contributed by atoms with Gasteiger partial charge < -0.3 is 15.0 Å². The van der Waals surface area contributed by atoms with E-state index in [0.717, 1.165) is 37.4 Å². The van der Waals surface area contributed by atoms with E-state index in [4.69, 9.17) is 0 Å². The van der Waals surface area contributed by atoms with Crippen molar-refractivity contribution in [1.29, 1.82) is 0 Å². The number of nitrogens with one attached hydrogen (secondary N) is 1. The molecule has 1 fully saturated rings. The molecule has 25 heavy (non-hydrogen) atoms. The Morgan fingerprint density at radius 2 is 1.76 bits per heavy atom. The molecule has 0 bridgehead atoms. The highest BCUT2D eigenvalue weighted by Gasteiger charge is 2.32. The van der Waals surface area contributed by atoms with Crippen molar-refractivity contribution in [3.05, 3.63) is 54.1 Å². The maximum Gasteiger partial charge on any atom is 0.573 e. The Bertz CT molecular complexity index is 686. The molecule has 133 valence electrons. The van der Waals surface area contributed by atoms with Crippen LogP contribution in [0.2, 0.25) is 0 Å². The third-order valence-electron chi connectivity index (χ3n) is 3.94. The van der Waals surface area contributed by atoms with Gasteiger partial charge in [-0.3, -0.25) is 0 Å². The molecule has 0 atom stereocenters. The molecule has 0 amide bonds. The Balaban J connectivity index is 1.81. The normalized spacial score (nSPS) is 15.1. The van der Waals surface area contributed by atoms with Gasteiger partial charge in [0.25, 0.3) is 0 Å². The number of hydrogen-bond donors (Lipinski definition) is 1. The van der Waals surface area contributed by atoms with Gasteiger partial charge in [-0.2, -0.15) is 0 Å². The Hall–Kier alpha value is -2.41. The second-order valence-electron chi connectivity index (χ2n) is 5.73. The van der Waals surface area contributed by atoms with Crippen molar-refractivity contribution < 1.29 is 17.9 Å². The number of piperazine rings is 1. The van der Waals surface area contributed by atoms with Crippen molar-refractivity contribution >= 4 is 11.4 Å². The molecule has 1 N–H and O–H groups in total. The van der Waals surface area contributed by atoms with Crippen LogP contribution >= 0.6 is 0 Å². The lowest BCUT2D eigenvalue weighted by molar-refractivity contribution is -0.274. The summed E-state index contributed by atoms with van der Waals surface area (Å²) in [7, 11) is 0. The van der Waals surface area contributed by atoms with Crippen molar-refractivity contribution in [3.63, 3.8) is 0 Å². The number of hydrogen-bond acceptors (Lipinski definition) is 3. The number of anilines is 2. The highest BCUT2D eigenvalue weighted by Crippen LogP contribution is 2.34. The zero-order valence-electron chi connectivity index (χ0n) is 13.6. The zero-order chi connectivity index (χ0) is 17.7. The van der Waals surface area contributed by atoms with Gasteiger partial charge in [0.05, 0.1) is 5.69 Å². The second kappa shape index (κ2) is 7.65. The first-order valence-corrected chi connectivity index (χ1v) is 8.07. The molecular weight excluding hydrogens is 331 g/mol. The minimum atomic E-state index is -4.73. The van der Waals surface area contributed by atoms with Crippen LogP contribution in [0.3, 0.4) is 0 Å². The highest BCUT2D eigenvalue weighted by molar-refractivity contribution is 5.66. The van der Waals surface area contributed by atoms with Crippen LogP contribution < -0.4 is 20.3 Å². The summed E-state index contributed by atoms with van der Waals surface area (Å²) in [5.74, 6) is -0.228. The summed E-state index contributed by atoms with van der Waals surface area (Å²) in [5, 5.41) is 7.34. The lowest BCUT2D eigenvalue weighted by Gasteiger charge is -2.29. The van der Waals surface area contributed by atoms with Crippen molar-refractivity contribution in [3.8, 4) is 5.75 Å². The van der Waals surface area contributed by atoms with Crippen LogP contribution in [-0.4, -0.2) is 32.5 Å². The van der Waals surface area contributed by atoms with E-state index < -0.39 is 6.36 Å². The maximum atomic E-state index is 12.7. The van der Waals surface area contributed by atoms with E-state index in [-0.39, 0.29) is 5.75 Å². The van der Waals surface area contributed by atoms with Crippen LogP contribution in [-0.2, 0) is 6.54 Å². The minimum absolute atomic E-state index is 0.228. The molecule has 0 aliphatic carbocycles. The molecule has 2 aromatic rings. The molecule has 0 spiro atoms. The zero-order valence-corrected chi connectivity index (χ0v) is 13.6. The Morgan fingerprint density at radius 3 is 2.44 bits per heavy atom. The van der Waals surface area contributed by atoms with E-state index >= 15 is 0 Å². The van der Waals surface area contributed by atoms with Crippen LogP contribution in [0.4, 0.5) is 24.5 Å². The molecular formula is C18H19F3N3O. The minimum Gasteiger partial charge on any atom is -0.404 e. The van der Waals surface area contributed by atoms with Gasteiger partial charge >= 0.3 is 6.36 Å². The first-order valence-electron chi connectivity index (χ1n) is 8.07. The molecule has 2 aromatic carbocycles. The molecule has 1 saturated heterocycles. The molecule has 3 rings (SSSR count). The number of nitrogens with zero attached hydrogens (tertiary/aromatic N) is 2. The van der Waals surface area contributed by atoms with Gasteiger partial charge in [0.2, 0.25) is 0 Å². The fourth-order valence-electron chi connectivity index (χ4n) is 2.72. The number of rotatable bonds is 5. The molecule has 0 aromatic heterocycles. The number of alkyl halides is 3. The molecule has 0 unspecified atom stereocenters. The quantitative estimate of drug-likeness (QED) is 0.895. The summed E-state index contributed by atoms with van der Waals surface area (Å²) >= 11 is 0. The number of halogens is 3. The van der Waals surface area contributed by atoms with Crippen LogP contribution in [0.15, 0.2) is 48.5 Å². The monoisotopic (exact) mass is 350 g/mol.